The van der Waals surface area contributed by atoms with Gasteiger partial charge in [0.05, 0.1) is 6.04 Å². The van der Waals surface area contributed by atoms with E-state index in [1.165, 1.54) is 5.56 Å². The molecule has 154 valence electrons. The van der Waals surface area contributed by atoms with Gasteiger partial charge >= 0.3 is 0 Å². The molecule has 0 aliphatic rings. The first-order valence-corrected chi connectivity index (χ1v) is 11.7. The first kappa shape index (κ1) is 20.8. The minimum Gasteiger partial charge on any atom is -0.382 e. The van der Waals surface area contributed by atoms with Crippen LogP contribution < -0.4 is 5.73 Å². The van der Waals surface area contributed by atoms with E-state index in [4.69, 9.17) is 10.7 Å². The van der Waals surface area contributed by atoms with Crippen molar-refractivity contribution in [3.8, 4) is 0 Å². The number of nitrogen functional groups attached to an aromatic ring is 1. The van der Waals surface area contributed by atoms with E-state index in [0.29, 0.717) is 21.2 Å². The minimum atomic E-state index is 0.0811. The summed E-state index contributed by atoms with van der Waals surface area (Å²) in [7, 11) is 0. The highest BCUT2D eigenvalue weighted by atomic mass is 79.9. The van der Waals surface area contributed by atoms with Crippen molar-refractivity contribution in [3.05, 3.63) is 70.7 Å². The molecule has 0 aliphatic heterocycles. The number of hydrogen-bond acceptors (Lipinski definition) is 6. The fraction of sp³-hybridized carbons (Fsp3) is 0.273. The monoisotopic (exact) mass is 482 g/mol. The van der Waals surface area contributed by atoms with E-state index >= 15 is 0 Å². The summed E-state index contributed by atoms with van der Waals surface area (Å²) in [5.74, 6) is 1.34. The lowest BCUT2D eigenvalue weighted by Crippen LogP contribution is -2.11. The molecule has 8 heteroatoms. The van der Waals surface area contributed by atoms with E-state index in [9.17, 15) is 0 Å². The third-order valence-corrected chi connectivity index (χ3v) is 6.47. The van der Waals surface area contributed by atoms with Crippen LogP contribution in [0.5, 0.6) is 0 Å². The zero-order valence-corrected chi connectivity index (χ0v) is 19.1. The van der Waals surface area contributed by atoms with E-state index in [2.05, 4.69) is 66.6 Å². The van der Waals surface area contributed by atoms with Crippen LogP contribution in [-0.2, 0) is 6.42 Å². The Morgan fingerprint density at radius 3 is 2.57 bits per heavy atom. The number of benzene rings is 1. The fourth-order valence-electron chi connectivity index (χ4n) is 3.53. The molecule has 0 radical (unpaired) electrons. The third-order valence-electron chi connectivity index (χ3n) is 4.98. The molecule has 0 saturated carbocycles. The summed E-state index contributed by atoms with van der Waals surface area (Å²) in [6, 6.07) is 14.6. The molecule has 6 nitrogen and oxygen atoms in total. The van der Waals surface area contributed by atoms with Gasteiger partial charge in [0.2, 0.25) is 0 Å². The standard InChI is InChI=1S/C22H23BrN6S/c1-2-17(16-10-12-25-13-11-16)29-20-18(26-21(29)23)19(24)27-22(28-20)30-14-6-9-15-7-4-3-5-8-15/h3-5,7-8,10-13,17H,2,6,9,14H2,1H3,(H2,24,27,28). The second kappa shape index (κ2) is 9.57. The molecule has 1 atom stereocenters. The summed E-state index contributed by atoms with van der Waals surface area (Å²) in [5.41, 5.74) is 10.1. The molecule has 1 aromatic carbocycles. The van der Waals surface area contributed by atoms with Crippen molar-refractivity contribution in [1.29, 1.82) is 0 Å². The molecule has 0 amide bonds. The maximum Gasteiger partial charge on any atom is 0.191 e. The Balaban J connectivity index is 1.58. The number of imidazole rings is 1. The van der Waals surface area contributed by atoms with Crippen LogP contribution in [0, 0.1) is 0 Å². The Bertz CT molecular complexity index is 1120. The van der Waals surface area contributed by atoms with Crippen molar-refractivity contribution in [2.45, 2.75) is 37.4 Å². The molecule has 0 saturated heterocycles. The molecule has 0 spiro atoms. The molecule has 3 aromatic heterocycles. The Kier molecular flexibility index (Phi) is 6.64. The van der Waals surface area contributed by atoms with E-state index in [0.717, 1.165) is 36.2 Å². The van der Waals surface area contributed by atoms with Crippen LogP contribution >= 0.6 is 27.7 Å². The summed E-state index contributed by atoms with van der Waals surface area (Å²) < 4.78 is 2.80. The minimum absolute atomic E-state index is 0.0811. The normalized spacial score (nSPS) is 12.3. The molecular weight excluding hydrogens is 460 g/mol. The molecule has 3 heterocycles. The van der Waals surface area contributed by atoms with Crippen LogP contribution in [0.4, 0.5) is 5.82 Å². The zero-order chi connectivity index (χ0) is 20.9. The molecule has 4 rings (SSSR count). The first-order valence-electron chi connectivity index (χ1n) is 9.95. The lowest BCUT2D eigenvalue weighted by Gasteiger charge is -2.18. The number of fused-ring (bicyclic) bond motifs is 1. The molecule has 2 N–H and O–H groups in total. The lowest BCUT2D eigenvalue weighted by molar-refractivity contribution is 0.565. The van der Waals surface area contributed by atoms with Gasteiger partial charge in [-0.3, -0.25) is 9.55 Å². The maximum atomic E-state index is 6.24. The van der Waals surface area contributed by atoms with E-state index in [1.807, 2.05) is 30.6 Å². The van der Waals surface area contributed by atoms with Crippen LogP contribution in [0.2, 0.25) is 0 Å². The van der Waals surface area contributed by atoms with Gasteiger partial charge in [-0.15, -0.1) is 0 Å². The van der Waals surface area contributed by atoms with Gasteiger partial charge in [-0.25, -0.2) is 15.0 Å². The number of aromatic nitrogens is 5. The van der Waals surface area contributed by atoms with Crippen molar-refractivity contribution in [1.82, 2.24) is 24.5 Å². The third kappa shape index (κ3) is 4.49. The molecule has 1 unspecified atom stereocenters. The summed E-state index contributed by atoms with van der Waals surface area (Å²) in [6.45, 7) is 2.15. The van der Waals surface area contributed by atoms with Gasteiger partial charge in [-0.1, -0.05) is 49.0 Å². The predicted molar refractivity (Wildman–Crippen MR) is 126 cm³/mol. The van der Waals surface area contributed by atoms with Gasteiger partial charge in [-0.2, -0.15) is 0 Å². The zero-order valence-electron chi connectivity index (χ0n) is 16.7. The van der Waals surface area contributed by atoms with Crippen LogP contribution in [0.1, 0.15) is 36.9 Å². The van der Waals surface area contributed by atoms with Gasteiger partial charge in [0.1, 0.15) is 0 Å². The quantitative estimate of drug-likeness (QED) is 0.159. The molecule has 0 aliphatic carbocycles. The summed E-state index contributed by atoms with van der Waals surface area (Å²) in [6.07, 6.45) is 6.59. The highest BCUT2D eigenvalue weighted by Crippen LogP contribution is 2.32. The smallest absolute Gasteiger partial charge is 0.191 e. The topological polar surface area (TPSA) is 82.5 Å². The summed E-state index contributed by atoms with van der Waals surface area (Å²) in [4.78, 5) is 18.0. The summed E-state index contributed by atoms with van der Waals surface area (Å²) >= 11 is 5.24. The van der Waals surface area contributed by atoms with E-state index < -0.39 is 0 Å². The van der Waals surface area contributed by atoms with Crippen molar-refractivity contribution in [2.75, 3.05) is 11.5 Å². The highest BCUT2D eigenvalue weighted by molar-refractivity contribution is 9.10. The van der Waals surface area contributed by atoms with Gasteiger partial charge in [0, 0.05) is 18.1 Å². The van der Waals surface area contributed by atoms with Crippen LogP contribution in [0.3, 0.4) is 0 Å². The number of aryl methyl sites for hydroxylation is 1. The highest BCUT2D eigenvalue weighted by Gasteiger charge is 2.22. The number of nitrogens with zero attached hydrogens (tertiary/aromatic N) is 5. The van der Waals surface area contributed by atoms with Crippen LogP contribution in [0.25, 0.3) is 11.2 Å². The van der Waals surface area contributed by atoms with Crippen LogP contribution in [0.15, 0.2) is 64.7 Å². The first-order chi connectivity index (χ1) is 14.7. The van der Waals surface area contributed by atoms with Gasteiger partial charge in [-0.05, 0) is 58.5 Å². The largest absolute Gasteiger partial charge is 0.382 e. The van der Waals surface area contributed by atoms with Gasteiger partial charge in [0.15, 0.2) is 26.9 Å². The SMILES string of the molecule is CCC(c1ccncc1)n1c(Br)nc2c(N)nc(SCCCc3ccccc3)nc21. The Morgan fingerprint density at radius 2 is 1.83 bits per heavy atom. The number of rotatable bonds is 8. The average Bonchev–Trinajstić information content (AvgIpc) is 3.10. The Labute approximate surface area is 188 Å². The number of anilines is 1. The van der Waals surface area contributed by atoms with Crippen molar-refractivity contribution < 1.29 is 0 Å². The average molecular weight is 483 g/mol. The molecule has 0 bridgehead atoms. The Morgan fingerprint density at radius 1 is 1.07 bits per heavy atom. The molecule has 4 aromatic rings. The number of pyridine rings is 1. The number of hydrogen-bond donors (Lipinski definition) is 1. The van der Waals surface area contributed by atoms with Crippen molar-refractivity contribution >= 4 is 44.7 Å². The number of nitrogens with two attached hydrogens (primary N) is 1. The molecule has 0 fully saturated rings. The van der Waals surface area contributed by atoms with Crippen molar-refractivity contribution in [2.24, 2.45) is 0 Å². The molecular formula is C22H23BrN6S. The van der Waals surface area contributed by atoms with Crippen molar-refractivity contribution in [3.63, 3.8) is 0 Å². The Hall–Kier alpha value is -2.45. The predicted octanol–water partition coefficient (Wildman–Crippen LogP) is 5.29. The number of halogens is 1. The van der Waals surface area contributed by atoms with Gasteiger partial charge in [0.25, 0.3) is 0 Å². The number of thioether (sulfide) groups is 1. The lowest BCUT2D eigenvalue weighted by atomic mass is 10.1. The maximum absolute atomic E-state index is 6.24. The fourth-order valence-corrected chi connectivity index (χ4v) is 4.90. The second-order valence-corrected chi connectivity index (χ2v) is 8.73. The van der Waals surface area contributed by atoms with E-state index in [1.54, 1.807) is 11.8 Å². The summed E-state index contributed by atoms with van der Waals surface area (Å²) in [5, 5.41) is 0.686. The van der Waals surface area contributed by atoms with E-state index in [-0.39, 0.29) is 6.04 Å². The molecule has 30 heavy (non-hydrogen) atoms. The van der Waals surface area contributed by atoms with Crippen LogP contribution in [-0.4, -0.2) is 30.3 Å². The second-order valence-electron chi connectivity index (χ2n) is 6.96. The van der Waals surface area contributed by atoms with Gasteiger partial charge < -0.3 is 5.73 Å².